The number of nitrogens with one attached hydrogen (secondary N) is 1. The van der Waals surface area contributed by atoms with Crippen LogP contribution in [0.4, 0.5) is 0 Å². The van der Waals surface area contributed by atoms with E-state index in [1.807, 2.05) is 13.8 Å². The SMILES string of the molecule is CCC(C)NC(=O)COc1ccc(Cl)cc1[C@@H](C)O. The molecule has 0 aliphatic carbocycles. The monoisotopic (exact) mass is 285 g/mol. The van der Waals surface area contributed by atoms with E-state index in [4.69, 9.17) is 16.3 Å². The predicted octanol–water partition coefficient (Wildman–Crippen LogP) is 2.69. The molecule has 5 heteroatoms. The average Bonchev–Trinajstić information content (AvgIpc) is 2.36. The van der Waals surface area contributed by atoms with Crippen molar-refractivity contribution in [1.82, 2.24) is 5.32 Å². The molecule has 2 N–H and O–H groups in total. The van der Waals surface area contributed by atoms with Crippen molar-refractivity contribution < 1.29 is 14.6 Å². The van der Waals surface area contributed by atoms with Gasteiger partial charge in [0.05, 0.1) is 6.10 Å². The summed E-state index contributed by atoms with van der Waals surface area (Å²) >= 11 is 5.87. The maximum absolute atomic E-state index is 11.6. The van der Waals surface area contributed by atoms with Gasteiger partial charge >= 0.3 is 0 Å². The molecule has 0 saturated heterocycles. The van der Waals surface area contributed by atoms with Crippen LogP contribution in [0.3, 0.4) is 0 Å². The van der Waals surface area contributed by atoms with Gasteiger partial charge < -0.3 is 15.2 Å². The van der Waals surface area contributed by atoms with Gasteiger partial charge in [-0.25, -0.2) is 0 Å². The minimum atomic E-state index is -0.702. The number of rotatable bonds is 6. The zero-order chi connectivity index (χ0) is 14.4. The summed E-state index contributed by atoms with van der Waals surface area (Å²) in [5, 5.41) is 13.0. The fraction of sp³-hybridized carbons (Fsp3) is 0.500. The van der Waals surface area contributed by atoms with Crippen molar-refractivity contribution in [2.45, 2.75) is 39.3 Å². The van der Waals surface area contributed by atoms with Gasteiger partial charge in [0.25, 0.3) is 5.91 Å². The number of hydrogen-bond donors (Lipinski definition) is 2. The summed E-state index contributed by atoms with van der Waals surface area (Å²) in [6.07, 6.45) is 0.164. The number of aliphatic hydroxyl groups excluding tert-OH is 1. The molecule has 106 valence electrons. The minimum Gasteiger partial charge on any atom is -0.483 e. The van der Waals surface area contributed by atoms with Crippen LogP contribution in [-0.2, 0) is 4.79 Å². The van der Waals surface area contributed by atoms with Crippen LogP contribution in [0.2, 0.25) is 5.02 Å². The first-order chi connectivity index (χ1) is 8.93. The Morgan fingerprint density at radius 3 is 2.74 bits per heavy atom. The third-order valence-corrected chi connectivity index (χ3v) is 3.04. The molecular weight excluding hydrogens is 266 g/mol. The number of carbonyl (C=O) groups excluding carboxylic acids is 1. The van der Waals surface area contributed by atoms with Gasteiger partial charge in [0, 0.05) is 16.6 Å². The van der Waals surface area contributed by atoms with Crippen molar-refractivity contribution in [2.24, 2.45) is 0 Å². The molecule has 19 heavy (non-hydrogen) atoms. The summed E-state index contributed by atoms with van der Waals surface area (Å²) in [5.74, 6) is 0.291. The zero-order valence-corrected chi connectivity index (χ0v) is 12.2. The molecule has 0 fully saturated rings. The van der Waals surface area contributed by atoms with Crippen LogP contribution in [0.5, 0.6) is 5.75 Å². The van der Waals surface area contributed by atoms with Crippen LogP contribution < -0.4 is 10.1 Å². The van der Waals surface area contributed by atoms with E-state index in [9.17, 15) is 9.90 Å². The Kier molecular flexibility index (Phi) is 6.12. The second-order valence-electron chi connectivity index (χ2n) is 4.52. The molecule has 1 unspecified atom stereocenters. The van der Waals surface area contributed by atoms with E-state index < -0.39 is 6.10 Å². The van der Waals surface area contributed by atoms with Crippen molar-refractivity contribution in [3.05, 3.63) is 28.8 Å². The van der Waals surface area contributed by atoms with E-state index in [-0.39, 0.29) is 18.6 Å². The van der Waals surface area contributed by atoms with Crippen LogP contribution >= 0.6 is 11.6 Å². The standard InChI is InChI=1S/C14H20ClNO3/c1-4-9(2)16-14(18)8-19-13-6-5-11(15)7-12(13)10(3)17/h5-7,9-10,17H,4,8H2,1-3H3,(H,16,18)/t9?,10-/m1/s1. The van der Waals surface area contributed by atoms with E-state index in [1.54, 1.807) is 25.1 Å². The largest absolute Gasteiger partial charge is 0.483 e. The Hall–Kier alpha value is -1.26. The lowest BCUT2D eigenvalue weighted by Crippen LogP contribution is -2.35. The topological polar surface area (TPSA) is 58.6 Å². The van der Waals surface area contributed by atoms with E-state index in [0.717, 1.165) is 6.42 Å². The number of hydrogen-bond acceptors (Lipinski definition) is 3. The Labute approximate surface area is 118 Å². The second kappa shape index (κ2) is 7.36. The smallest absolute Gasteiger partial charge is 0.258 e. The normalized spacial score (nSPS) is 13.7. The maximum atomic E-state index is 11.6. The second-order valence-corrected chi connectivity index (χ2v) is 4.96. The number of carbonyl (C=O) groups is 1. The quantitative estimate of drug-likeness (QED) is 0.845. The van der Waals surface area contributed by atoms with Crippen LogP contribution in [-0.4, -0.2) is 23.7 Å². The molecule has 0 spiro atoms. The average molecular weight is 286 g/mol. The van der Waals surface area contributed by atoms with Gasteiger partial charge in [0.15, 0.2) is 6.61 Å². The summed E-state index contributed by atoms with van der Waals surface area (Å²) in [5.41, 5.74) is 0.573. The summed E-state index contributed by atoms with van der Waals surface area (Å²) in [6, 6.07) is 5.07. The van der Waals surface area contributed by atoms with Crippen molar-refractivity contribution in [2.75, 3.05) is 6.61 Å². The first kappa shape index (κ1) is 15.8. The van der Waals surface area contributed by atoms with Gasteiger partial charge in [-0.1, -0.05) is 18.5 Å². The van der Waals surface area contributed by atoms with Crippen molar-refractivity contribution in [3.8, 4) is 5.75 Å². The van der Waals surface area contributed by atoms with Crippen molar-refractivity contribution in [3.63, 3.8) is 0 Å². The first-order valence-electron chi connectivity index (χ1n) is 6.33. The van der Waals surface area contributed by atoms with E-state index in [0.29, 0.717) is 16.3 Å². The summed E-state index contributed by atoms with van der Waals surface area (Å²) in [4.78, 5) is 11.6. The summed E-state index contributed by atoms with van der Waals surface area (Å²) in [7, 11) is 0. The Morgan fingerprint density at radius 1 is 1.47 bits per heavy atom. The summed E-state index contributed by atoms with van der Waals surface area (Å²) in [6.45, 7) is 5.47. The molecule has 1 amide bonds. The van der Waals surface area contributed by atoms with E-state index in [2.05, 4.69) is 5.32 Å². The molecule has 0 radical (unpaired) electrons. The lowest BCUT2D eigenvalue weighted by Gasteiger charge is -2.15. The van der Waals surface area contributed by atoms with Crippen molar-refractivity contribution >= 4 is 17.5 Å². The predicted molar refractivity (Wildman–Crippen MR) is 75.5 cm³/mol. The maximum Gasteiger partial charge on any atom is 0.258 e. The molecule has 1 aromatic rings. The van der Waals surface area contributed by atoms with Crippen LogP contribution in [0.25, 0.3) is 0 Å². The van der Waals surface area contributed by atoms with E-state index >= 15 is 0 Å². The van der Waals surface area contributed by atoms with Crippen LogP contribution in [0, 0.1) is 0 Å². The fourth-order valence-electron chi connectivity index (χ4n) is 1.54. The Balaban J connectivity index is 2.65. The van der Waals surface area contributed by atoms with Gasteiger partial charge in [0.2, 0.25) is 0 Å². The van der Waals surface area contributed by atoms with Gasteiger partial charge in [-0.2, -0.15) is 0 Å². The number of ether oxygens (including phenoxy) is 1. The summed E-state index contributed by atoms with van der Waals surface area (Å²) < 4.78 is 5.43. The lowest BCUT2D eigenvalue weighted by atomic mass is 10.1. The Morgan fingerprint density at radius 2 is 2.16 bits per heavy atom. The molecule has 4 nitrogen and oxygen atoms in total. The van der Waals surface area contributed by atoms with Gasteiger partial charge in [-0.15, -0.1) is 0 Å². The highest BCUT2D eigenvalue weighted by Gasteiger charge is 2.12. The van der Waals surface area contributed by atoms with Gasteiger partial charge in [0.1, 0.15) is 5.75 Å². The highest BCUT2D eigenvalue weighted by atomic mass is 35.5. The minimum absolute atomic E-state index is 0.0777. The molecule has 1 aromatic carbocycles. The molecular formula is C14H20ClNO3. The third kappa shape index (κ3) is 5.09. The molecule has 0 saturated carbocycles. The molecule has 0 aliphatic heterocycles. The van der Waals surface area contributed by atoms with Gasteiger partial charge in [-0.05, 0) is 38.5 Å². The molecule has 1 rings (SSSR count). The zero-order valence-electron chi connectivity index (χ0n) is 11.4. The number of amides is 1. The highest BCUT2D eigenvalue weighted by molar-refractivity contribution is 6.30. The van der Waals surface area contributed by atoms with Crippen LogP contribution in [0.15, 0.2) is 18.2 Å². The lowest BCUT2D eigenvalue weighted by molar-refractivity contribution is -0.123. The third-order valence-electron chi connectivity index (χ3n) is 2.80. The van der Waals surface area contributed by atoms with Gasteiger partial charge in [-0.3, -0.25) is 4.79 Å². The van der Waals surface area contributed by atoms with Crippen LogP contribution in [0.1, 0.15) is 38.9 Å². The molecule has 0 bridgehead atoms. The molecule has 2 atom stereocenters. The number of benzene rings is 1. The van der Waals surface area contributed by atoms with Crippen molar-refractivity contribution in [1.29, 1.82) is 0 Å². The number of aliphatic hydroxyl groups is 1. The van der Waals surface area contributed by atoms with E-state index in [1.165, 1.54) is 0 Å². The first-order valence-corrected chi connectivity index (χ1v) is 6.71. The molecule has 0 aromatic heterocycles. The highest BCUT2D eigenvalue weighted by Crippen LogP contribution is 2.28. The fourth-order valence-corrected chi connectivity index (χ4v) is 1.72. The molecule has 0 aliphatic rings. The molecule has 0 heterocycles. The number of halogens is 1. The Bertz CT molecular complexity index is 435.